The van der Waals surface area contributed by atoms with E-state index in [4.69, 9.17) is 23.2 Å². The Labute approximate surface area is 239 Å². The third-order valence-corrected chi connectivity index (χ3v) is 6.79. The summed E-state index contributed by atoms with van der Waals surface area (Å²) < 4.78 is 0. The van der Waals surface area contributed by atoms with Gasteiger partial charge in [-0.25, -0.2) is 4.98 Å². The Morgan fingerprint density at radius 1 is 0.821 bits per heavy atom. The largest absolute Gasteiger partial charge is 0.321 e. The van der Waals surface area contributed by atoms with Crippen LogP contribution in [-0.2, 0) is 9.59 Å². The standard InChI is InChI=1S/C29H22Cl2N4O3S/c30-21-10-15-26(32-17-21)35-27(36)18-39-23-13-11-22(12-14-23)33-29(38)25(16-20-8-4-5-9-24(20)31)34-28(37)19-6-2-1-3-7-19/h1-17H,18H2,(H,33,38)(H,34,37)(H,32,35,36)/b25-16-. The molecule has 1 heterocycles. The van der Waals surface area contributed by atoms with Crippen molar-refractivity contribution < 1.29 is 14.4 Å². The Balaban J connectivity index is 1.40. The second-order valence-corrected chi connectivity index (χ2v) is 9.97. The predicted octanol–water partition coefficient (Wildman–Crippen LogP) is 6.53. The minimum Gasteiger partial charge on any atom is -0.321 e. The quantitative estimate of drug-likeness (QED) is 0.155. The van der Waals surface area contributed by atoms with Crippen LogP contribution >= 0.6 is 35.0 Å². The molecule has 3 aromatic carbocycles. The van der Waals surface area contributed by atoms with Crippen molar-refractivity contribution in [2.24, 2.45) is 0 Å². The first-order valence-corrected chi connectivity index (χ1v) is 13.4. The smallest absolute Gasteiger partial charge is 0.272 e. The van der Waals surface area contributed by atoms with Crippen LogP contribution in [0.1, 0.15) is 15.9 Å². The van der Waals surface area contributed by atoms with Crippen molar-refractivity contribution in [1.82, 2.24) is 10.3 Å². The maximum absolute atomic E-state index is 13.2. The van der Waals surface area contributed by atoms with Gasteiger partial charge in [-0.15, -0.1) is 11.8 Å². The number of pyridine rings is 1. The number of amides is 3. The highest BCUT2D eigenvalue weighted by Crippen LogP contribution is 2.22. The second kappa shape index (κ2) is 13.6. The van der Waals surface area contributed by atoms with E-state index in [9.17, 15) is 14.4 Å². The first kappa shape index (κ1) is 27.9. The lowest BCUT2D eigenvalue weighted by Gasteiger charge is -2.12. The zero-order valence-electron chi connectivity index (χ0n) is 20.4. The Bertz CT molecular complexity index is 1500. The number of thioether (sulfide) groups is 1. The number of hydrogen-bond donors (Lipinski definition) is 3. The van der Waals surface area contributed by atoms with E-state index in [1.54, 1.807) is 91.0 Å². The normalized spacial score (nSPS) is 11.0. The van der Waals surface area contributed by atoms with Crippen molar-refractivity contribution in [2.75, 3.05) is 16.4 Å². The number of aromatic nitrogens is 1. The van der Waals surface area contributed by atoms with Gasteiger partial charge in [-0.2, -0.15) is 0 Å². The van der Waals surface area contributed by atoms with Crippen molar-refractivity contribution in [2.45, 2.75) is 4.90 Å². The number of rotatable bonds is 9. The van der Waals surface area contributed by atoms with E-state index < -0.39 is 11.8 Å². The zero-order chi connectivity index (χ0) is 27.6. The third-order valence-electron chi connectivity index (χ3n) is 5.21. The molecule has 0 radical (unpaired) electrons. The molecule has 0 saturated heterocycles. The molecule has 196 valence electrons. The van der Waals surface area contributed by atoms with Crippen LogP contribution in [0.5, 0.6) is 0 Å². The maximum atomic E-state index is 13.2. The summed E-state index contributed by atoms with van der Waals surface area (Å²) in [6, 6.07) is 25.9. The average molecular weight is 577 g/mol. The van der Waals surface area contributed by atoms with E-state index in [0.29, 0.717) is 32.7 Å². The molecule has 0 spiro atoms. The van der Waals surface area contributed by atoms with Crippen LogP contribution in [0.3, 0.4) is 0 Å². The Morgan fingerprint density at radius 2 is 1.54 bits per heavy atom. The molecule has 4 aromatic rings. The minimum absolute atomic E-state index is 0.0304. The summed E-state index contributed by atoms with van der Waals surface area (Å²) >= 11 is 13.4. The van der Waals surface area contributed by atoms with E-state index in [-0.39, 0.29) is 17.4 Å². The van der Waals surface area contributed by atoms with E-state index in [1.807, 2.05) is 0 Å². The summed E-state index contributed by atoms with van der Waals surface area (Å²) in [5.41, 5.74) is 1.53. The van der Waals surface area contributed by atoms with Crippen molar-refractivity contribution in [3.05, 3.63) is 124 Å². The van der Waals surface area contributed by atoms with Crippen LogP contribution in [0.15, 0.2) is 108 Å². The molecule has 0 aliphatic rings. The molecule has 0 unspecified atom stereocenters. The lowest BCUT2D eigenvalue weighted by atomic mass is 10.1. The number of nitrogens with zero attached hydrogens (tertiary/aromatic N) is 1. The fraction of sp³-hybridized carbons (Fsp3) is 0.0345. The van der Waals surface area contributed by atoms with Crippen molar-refractivity contribution in [3.8, 4) is 0 Å². The highest BCUT2D eigenvalue weighted by atomic mass is 35.5. The molecule has 0 bridgehead atoms. The number of halogens is 2. The predicted molar refractivity (Wildman–Crippen MR) is 157 cm³/mol. The van der Waals surface area contributed by atoms with E-state index in [1.165, 1.54) is 24.0 Å². The topological polar surface area (TPSA) is 100 Å². The van der Waals surface area contributed by atoms with Gasteiger partial charge in [0, 0.05) is 27.4 Å². The third kappa shape index (κ3) is 8.44. The molecule has 0 saturated carbocycles. The van der Waals surface area contributed by atoms with E-state index >= 15 is 0 Å². The number of anilines is 2. The molecule has 7 nitrogen and oxygen atoms in total. The van der Waals surface area contributed by atoms with Crippen LogP contribution in [0.25, 0.3) is 6.08 Å². The molecule has 1 aromatic heterocycles. The summed E-state index contributed by atoms with van der Waals surface area (Å²) in [7, 11) is 0. The van der Waals surface area contributed by atoms with Gasteiger partial charge in [-0.1, -0.05) is 59.6 Å². The molecule has 0 fully saturated rings. The molecule has 3 N–H and O–H groups in total. The highest BCUT2D eigenvalue weighted by Gasteiger charge is 2.16. The van der Waals surface area contributed by atoms with Gasteiger partial charge >= 0.3 is 0 Å². The first-order chi connectivity index (χ1) is 18.9. The Hall–Kier alpha value is -4.11. The van der Waals surface area contributed by atoms with Crippen molar-refractivity contribution >= 4 is 70.3 Å². The van der Waals surface area contributed by atoms with Gasteiger partial charge in [0.05, 0.1) is 10.8 Å². The number of carbonyl (C=O) groups is 3. The molecular formula is C29H22Cl2N4O3S. The summed E-state index contributed by atoms with van der Waals surface area (Å²) in [6.45, 7) is 0. The van der Waals surface area contributed by atoms with Gasteiger partial charge in [0.15, 0.2) is 0 Å². The molecule has 4 rings (SSSR count). The molecule has 10 heteroatoms. The van der Waals surface area contributed by atoms with Gasteiger partial charge in [0.2, 0.25) is 5.91 Å². The average Bonchev–Trinajstić information content (AvgIpc) is 2.95. The van der Waals surface area contributed by atoms with Gasteiger partial charge in [0.1, 0.15) is 11.5 Å². The number of hydrogen-bond acceptors (Lipinski definition) is 5. The number of nitrogens with one attached hydrogen (secondary N) is 3. The Morgan fingerprint density at radius 3 is 2.23 bits per heavy atom. The van der Waals surface area contributed by atoms with Gasteiger partial charge < -0.3 is 16.0 Å². The van der Waals surface area contributed by atoms with Gasteiger partial charge in [-0.05, 0) is 66.2 Å². The van der Waals surface area contributed by atoms with E-state index in [0.717, 1.165) is 4.90 Å². The minimum atomic E-state index is -0.519. The summed E-state index contributed by atoms with van der Waals surface area (Å²) in [5.74, 6) is -0.567. The lowest BCUT2D eigenvalue weighted by molar-refractivity contribution is -0.114. The van der Waals surface area contributed by atoms with E-state index in [2.05, 4.69) is 20.9 Å². The van der Waals surface area contributed by atoms with Gasteiger partial charge in [0.25, 0.3) is 11.8 Å². The van der Waals surface area contributed by atoms with Crippen LogP contribution in [-0.4, -0.2) is 28.5 Å². The first-order valence-electron chi connectivity index (χ1n) is 11.7. The summed E-state index contributed by atoms with van der Waals surface area (Å²) in [6.07, 6.45) is 2.98. The van der Waals surface area contributed by atoms with Crippen LogP contribution in [0.4, 0.5) is 11.5 Å². The summed E-state index contributed by atoms with van der Waals surface area (Å²) in [5, 5.41) is 9.11. The second-order valence-electron chi connectivity index (χ2n) is 8.08. The van der Waals surface area contributed by atoms with Gasteiger partial charge in [-0.3, -0.25) is 14.4 Å². The molecular weight excluding hydrogens is 555 g/mol. The SMILES string of the molecule is O=C(CSc1ccc(NC(=O)/C(=C/c2ccccc2Cl)NC(=O)c2ccccc2)cc1)Nc1ccc(Cl)cn1. The van der Waals surface area contributed by atoms with Crippen molar-refractivity contribution in [1.29, 1.82) is 0 Å². The molecule has 0 aliphatic heterocycles. The van der Waals surface area contributed by atoms with Crippen LogP contribution in [0.2, 0.25) is 10.0 Å². The summed E-state index contributed by atoms with van der Waals surface area (Å²) in [4.78, 5) is 43.0. The molecule has 0 aliphatic carbocycles. The molecule has 3 amide bonds. The molecule has 0 atom stereocenters. The highest BCUT2D eigenvalue weighted by molar-refractivity contribution is 8.00. The fourth-order valence-electron chi connectivity index (χ4n) is 3.30. The van der Waals surface area contributed by atoms with Crippen LogP contribution in [0, 0.1) is 0 Å². The maximum Gasteiger partial charge on any atom is 0.272 e. The van der Waals surface area contributed by atoms with Crippen LogP contribution < -0.4 is 16.0 Å². The lowest BCUT2D eigenvalue weighted by Crippen LogP contribution is -2.30. The fourth-order valence-corrected chi connectivity index (χ4v) is 4.30. The number of carbonyl (C=O) groups excluding carboxylic acids is 3. The number of benzene rings is 3. The van der Waals surface area contributed by atoms with Crippen molar-refractivity contribution in [3.63, 3.8) is 0 Å². The Kier molecular flexibility index (Phi) is 9.74. The zero-order valence-corrected chi connectivity index (χ0v) is 22.7. The molecule has 39 heavy (non-hydrogen) atoms. The monoisotopic (exact) mass is 576 g/mol.